The van der Waals surface area contributed by atoms with Crippen LogP contribution in [0.1, 0.15) is 41.5 Å². The summed E-state index contributed by atoms with van der Waals surface area (Å²) in [7, 11) is 1.37. The summed E-state index contributed by atoms with van der Waals surface area (Å²) in [4.78, 5) is 0. The standard InChI is InChI=1S/C13H27P4/c1-10(2,3)12-14-13(15(12)14,11(4,5)6)16(12)17(7,8)9/h1-9H3/q+1. The molecule has 0 radical (unpaired) electrons. The summed E-state index contributed by atoms with van der Waals surface area (Å²) in [6.45, 7) is 22.5. The molecule has 0 unspecified atom stereocenters. The van der Waals surface area contributed by atoms with Gasteiger partial charge in [-0.3, -0.25) is 0 Å². The predicted octanol–water partition coefficient (Wildman–Crippen LogP) is 6.61. The van der Waals surface area contributed by atoms with Gasteiger partial charge in [-0.2, -0.15) is 0 Å². The van der Waals surface area contributed by atoms with Crippen molar-refractivity contribution >= 4 is 29.8 Å². The van der Waals surface area contributed by atoms with E-state index in [-0.39, 0.29) is 0 Å². The van der Waals surface area contributed by atoms with Gasteiger partial charge in [0.05, 0.1) is 36.9 Å². The molecule has 4 fully saturated rings. The highest BCUT2D eigenvalue weighted by molar-refractivity contribution is 8.85. The van der Waals surface area contributed by atoms with Crippen LogP contribution in [0.5, 0.6) is 0 Å². The van der Waals surface area contributed by atoms with Gasteiger partial charge < -0.3 is 0 Å². The molecular formula is C13H27P4+. The molecule has 4 rings (SSSR count). The van der Waals surface area contributed by atoms with Gasteiger partial charge in [-0.15, -0.1) is 0 Å². The predicted molar refractivity (Wildman–Crippen MR) is 89.8 cm³/mol. The molecule has 0 atom stereocenters. The summed E-state index contributed by atoms with van der Waals surface area (Å²) in [5, 5.41) is 0. The quantitative estimate of drug-likeness (QED) is 0.478. The molecule has 0 aromatic carbocycles. The first-order chi connectivity index (χ1) is 7.35. The first-order valence-corrected chi connectivity index (χ1v) is 15.1. The molecule has 4 heterocycles. The van der Waals surface area contributed by atoms with Gasteiger partial charge in [-0.05, 0) is 26.1 Å². The zero-order valence-corrected chi connectivity index (χ0v) is 16.4. The highest BCUT2D eigenvalue weighted by Gasteiger charge is 3.15. The molecule has 2 bridgehead atoms. The molecule has 4 heteroatoms. The van der Waals surface area contributed by atoms with Crippen molar-refractivity contribution in [2.24, 2.45) is 10.8 Å². The molecule has 4 saturated heterocycles. The zero-order chi connectivity index (χ0) is 13.2. The minimum absolute atomic E-state index is 0.358. The van der Waals surface area contributed by atoms with Crippen LogP contribution >= 0.6 is 29.8 Å². The molecule has 98 valence electrons. The molecular weight excluding hydrogens is 280 g/mol. The second kappa shape index (κ2) is 2.99. The Morgan fingerprint density at radius 2 is 1.00 bits per heavy atom. The molecule has 0 aromatic heterocycles. The first-order valence-electron chi connectivity index (χ1n) is 6.58. The highest BCUT2D eigenvalue weighted by atomic mass is 32.2. The third-order valence-corrected chi connectivity index (χ3v) is 32.9. The molecule has 0 spiro atoms. The van der Waals surface area contributed by atoms with E-state index in [0.29, 0.717) is 33.7 Å². The van der Waals surface area contributed by atoms with Crippen LogP contribution < -0.4 is 0 Å². The lowest BCUT2D eigenvalue weighted by molar-refractivity contribution is 0.371. The largest absolute Gasteiger partial charge is 0.0874 e. The molecule has 0 amide bonds. The van der Waals surface area contributed by atoms with Crippen LogP contribution in [0.15, 0.2) is 0 Å². The Bertz CT molecular complexity index is 353. The summed E-state index contributed by atoms with van der Waals surface area (Å²) in [5.74, 6) is 0. The van der Waals surface area contributed by atoms with Gasteiger partial charge in [0.15, 0.2) is 0 Å². The normalized spacial score (nSPS) is 51.7. The van der Waals surface area contributed by atoms with Gasteiger partial charge in [0.2, 0.25) is 0 Å². The third kappa shape index (κ3) is 1.15. The van der Waals surface area contributed by atoms with E-state index < -0.39 is 6.95 Å². The van der Waals surface area contributed by atoms with Crippen LogP contribution in [-0.4, -0.2) is 29.3 Å². The maximum Gasteiger partial charge on any atom is 0.0874 e. The third-order valence-electron chi connectivity index (χ3n) is 4.51. The lowest BCUT2D eigenvalue weighted by Crippen LogP contribution is -2.52. The topological polar surface area (TPSA) is 0 Å². The van der Waals surface area contributed by atoms with E-state index in [4.69, 9.17) is 0 Å². The SMILES string of the molecule is CC(C)(C)C12P3P1C3(C(C)(C)C)P2[P+](C)(C)C. The van der Waals surface area contributed by atoms with Crippen LogP contribution in [0.25, 0.3) is 0 Å². The van der Waals surface area contributed by atoms with Gasteiger partial charge >= 0.3 is 0 Å². The Kier molecular flexibility index (Phi) is 2.41. The fourth-order valence-corrected chi connectivity index (χ4v) is 54.9. The van der Waals surface area contributed by atoms with Crippen molar-refractivity contribution in [3.05, 3.63) is 0 Å². The minimum atomic E-state index is -0.632. The van der Waals surface area contributed by atoms with Crippen molar-refractivity contribution in [3.63, 3.8) is 0 Å². The highest BCUT2D eigenvalue weighted by Crippen LogP contribution is 3.53. The van der Waals surface area contributed by atoms with E-state index in [1.165, 1.54) is 0 Å². The van der Waals surface area contributed by atoms with E-state index >= 15 is 0 Å². The minimum Gasteiger partial charge on any atom is -0.0584 e. The van der Waals surface area contributed by atoms with Crippen LogP contribution in [0.3, 0.4) is 0 Å². The first kappa shape index (κ1) is 13.7. The fourth-order valence-electron chi connectivity index (χ4n) is 4.04. The summed E-state index contributed by atoms with van der Waals surface area (Å²) < 4.78 is 1.90. The molecule has 0 nitrogen and oxygen atoms in total. The molecule has 0 saturated carbocycles. The van der Waals surface area contributed by atoms with Crippen LogP contribution in [0.2, 0.25) is 0 Å². The zero-order valence-electron chi connectivity index (χ0n) is 12.8. The molecule has 4 aliphatic rings. The lowest BCUT2D eigenvalue weighted by Gasteiger charge is -2.65. The van der Waals surface area contributed by atoms with Gasteiger partial charge in [0.1, 0.15) is 0 Å². The maximum absolute atomic E-state index is 2.63. The molecule has 0 N–H and O–H groups in total. The molecule has 4 aliphatic heterocycles. The molecule has 17 heavy (non-hydrogen) atoms. The van der Waals surface area contributed by atoms with E-state index in [0.717, 1.165) is 9.28 Å². The second-order valence-corrected chi connectivity index (χ2v) is 27.7. The van der Waals surface area contributed by atoms with E-state index in [1.54, 1.807) is 0 Å². The summed E-state index contributed by atoms with van der Waals surface area (Å²) in [6, 6.07) is 0. The van der Waals surface area contributed by atoms with Crippen molar-refractivity contribution in [1.82, 2.24) is 0 Å². The number of rotatable bonds is 1. The summed E-state index contributed by atoms with van der Waals surface area (Å²) >= 11 is 0. The van der Waals surface area contributed by atoms with Gasteiger partial charge in [-0.1, -0.05) is 41.5 Å². The number of hydrogen-bond donors (Lipinski definition) is 0. The van der Waals surface area contributed by atoms with Gasteiger partial charge in [0, 0.05) is 6.95 Å². The van der Waals surface area contributed by atoms with E-state index in [1.807, 2.05) is 0 Å². The van der Waals surface area contributed by atoms with Crippen molar-refractivity contribution in [2.45, 2.75) is 50.8 Å². The number of hydrogen-bond acceptors (Lipinski definition) is 0. The Labute approximate surface area is 111 Å². The van der Waals surface area contributed by atoms with Crippen molar-refractivity contribution < 1.29 is 0 Å². The van der Waals surface area contributed by atoms with E-state index in [2.05, 4.69) is 61.5 Å². The second-order valence-electron chi connectivity index (χ2n) is 8.65. The Balaban J connectivity index is 2.00. The van der Waals surface area contributed by atoms with Crippen LogP contribution in [-0.2, 0) is 0 Å². The smallest absolute Gasteiger partial charge is 0.0584 e. The van der Waals surface area contributed by atoms with Crippen LogP contribution in [0.4, 0.5) is 0 Å². The van der Waals surface area contributed by atoms with Gasteiger partial charge in [-0.25, -0.2) is 0 Å². The van der Waals surface area contributed by atoms with Crippen molar-refractivity contribution in [2.75, 3.05) is 20.0 Å². The average molecular weight is 307 g/mol. The Morgan fingerprint density at radius 3 is 1.18 bits per heavy atom. The lowest BCUT2D eigenvalue weighted by atomic mass is 9.97. The Morgan fingerprint density at radius 1 is 0.706 bits per heavy atom. The molecule has 0 aliphatic carbocycles. The molecule has 0 aromatic rings. The monoisotopic (exact) mass is 307 g/mol. The fraction of sp³-hybridized carbons (Fsp3) is 1.00. The average Bonchev–Trinajstić information content (AvgIpc) is 2.60. The van der Waals surface area contributed by atoms with E-state index in [9.17, 15) is 0 Å². The maximum atomic E-state index is 2.63. The van der Waals surface area contributed by atoms with Crippen LogP contribution in [0, 0.1) is 10.8 Å². The van der Waals surface area contributed by atoms with Crippen molar-refractivity contribution in [3.8, 4) is 0 Å². The van der Waals surface area contributed by atoms with Gasteiger partial charge in [0.25, 0.3) is 0 Å². The summed E-state index contributed by atoms with van der Waals surface area (Å²) in [5.41, 5.74) is 1.24. The summed E-state index contributed by atoms with van der Waals surface area (Å²) in [6.07, 6.45) is 0. The van der Waals surface area contributed by atoms with Crippen molar-refractivity contribution in [1.29, 1.82) is 0 Å². The Hall–Kier alpha value is 1.72.